The molecule has 0 N–H and O–H groups in total. The SMILES string of the molecule is c1ccc(CC2CCC3=NN(c4ccccc4)CN32)cc1. The van der Waals surface area contributed by atoms with Crippen LogP contribution in [0, 0.1) is 0 Å². The molecule has 1 unspecified atom stereocenters. The molecule has 1 fully saturated rings. The van der Waals surface area contributed by atoms with E-state index >= 15 is 0 Å². The molecule has 0 saturated carbocycles. The van der Waals surface area contributed by atoms with Gasteiger partial charge in [-0.05, 0) is 30.5 Å². The second kappa shape index (κ2) is 5.24. The summed E-state index contributed by atoms with van der Waals surface area (Å²) in [5, 5.41) is 6.91. The van der Waals surface area contributed by atoms with Crippen LogP contribution < -0.4 is 5.01 Å². The molecule has 2 heterocycles. The normalized spacial score (nSPS) is 20.6. The van der Waals surface area contributed by atoms with Gasteiger partial charge in [-0.2, -0.15) is 5.10 Å². The van der Waals surface area contributed by atoms with Crippen LogP contribution in [-0.4, -0.2) is 23.4 Å². The minimum absolute atomic E-state index is 0.583. The average Bonchev–Trinajstić information content (AvgIpc) is 3.11. The lowest BCUT2D eigenvalue weighted by molar-refractivity contribution is 0.350. The fourth-order valence-electron chi connectivity index (χ4n) is 3.26. The van der Waals surface area contributed by atoms with Crippen molar-refractivity contribution in [1.29, 1.82) is 0 Å². The standard InChI is InChI=1S/C18H19N3/c1-3-7-15(8-4-1)13-17-11-12-18-19-21(14-20(17)18)16-9-5-2-6-10-16/h1-10,17H,11-14H2. The summed E-state index contributed by atoms with van der Waals surface area (Å²) in [6.07, 6.45) is 3.43. The van der Waals surface area contributed by atoms with E-state index in [4.69, 9.17) is 5.10 Å². The Bertz CT molecular complexity index is 636. The van der Waals surface area contributed by atoms with Crippen LogP contribution in [0.3, 0.4) is 0 Å². The van der Waals surface area contributed by atoms with E-state index in [1.165, 1.54) is 23.5 Å². The molecule has 2 aliphatic rings. The zero-order valence-electron chi connectivity index (χ0n) is 12.0. The van der Waals surface area contributed by atoms with Gasteiger partial charge in [0.1, 0.15) is 12.5 Å². The number of hydrogen-bond acceptors (Lipinski definition) is 3. The summed E-state index contributed by atoms with van der Waals surface area (Å²) in [5.41, 5.74) is 2.60. The van der Waals surface area contributed by atoms with E-state index in [0.717, 1.165) is 19.5 Å². The summed E-state index contributed by atoms with van der Waals surface area (Å²) >= 11 is 0. The zero-order valence-corrected chi connectivity index (χ0v) is 12.0. The summed E-state index contributed by atoms with van der Waals surface area (Å²) in [5.74, 6) is 1.25. The summed E-state index contributed by atoms with van der Waals surface area (Å²) in [4.78, 5) is 2.47. The molecule has 2 aromatic rings. The fraction of sp³-hybridized carbons (Fsp3) is 0.278. The molecule has 4 rings (SSSR count). The Hall–Kier alpha value is -2.29. The molecule has 0 aliphatic carbocycles. The van der Waals surface area contributed by atoms with E-state index in [2.05, 4.69) is 64.5 Å². The predicted molar refractivity (Wildman–Crippen MR) is 86.2 cm³/mol. The Balaban J connectivity index is 1.49. The number of fused-ring (bicyclic) bond motifs is 1. The number of rotatable bonds is 3. The van der Waals surface area contributed by atoms with Crippen molar-refractivity contribution in [2.45, 2.75) is 25.3 Å². The number of amidine groups is 1. The van der Waals surface area contributed by atoms with Crippen LogP contribution in [0.4, 0.5) is 5.69 Å². The van der Waals surface area contributed by atoms with Crippen molar-refractivity contribution in [3.63, 3.8) is 0 Å². The van der Waals surface area contributed by atoms with Gasteiger partial charge < -0.3 is 4.90 Å². The van der Waals surface area contributed by atoms with Crippen molar-refractivity contribution < 1.29 is 0 Å². The predicted octanol–water partition coefficient (Wildman–Crippen LogP) is 3.48. The van der Waals surface area contributed by atoms with Gasteiger partial charge in [0.2, 0.25) is 0 Å². The molecule has 0 bridgehead atoms. The number of para-hydroxylation sites is 1. The minimum atomic E-state index is 0.583. The van der Waals surface area contributed by atoms with Gasteiger partial charge in [-0.3, -0.25) is 0 Å². The number of hydrazone groups is 1. The van der Waals surface area contributed by atoms with Crippen LogP contribution in [0.25, 0.3) is 0 Å². The van der Waals surface area contributed by atoms with E-state index in [-0.39, 0.29) is 0 Å². The zero-order chi connectivity index (χ0) is 14.1. The second-order valence-corrected chi connectivity index (χ2v) is 5.74. The van der Waals surface area contributed by atoms with Gasteiger partial charge in [0.05, 0.1) is 5.69 Å². The number of benzene rings is 2. The third-order valence-electron chi connectivity index (χ3n) is 4.36. The van der Waals surface area contributed by atoms with Crippen LogP contribution in [0.2, 0.25) is 0 Å². The number of hydrogen-bond donors (Lipinski definition) is 0. The van der Waals surface area contributed by atoms with Gasteiger partial charge in [-0.1, -0.05) is 48.5 Å². The molecule has 2 aliphatic heterocycles. The van der Waals surface area contributed by atoms with Crippen molar-refractivity contribution in [2.75, 3.05) is 11.7 Å². The van der Waals surface area contributed by atoms with Crippen LogP contribution in [-0.2, 0) is 6.42 Å². The van der Waals surface area contributed by atoms with Crippen LogP contribution >= 0.6 is 0 Å². The first-order valence-corrected chi connectivity index (χ1v) is 7.61. The Morgan fingerprint density at radius 2 is 1.67 bits per heavy atom. The van der Waals surface area contributed by atoms with E-state index in [9.17, 15) is 0 Å². The highest BCUT2D eigenvalue weighted by Gasteiger charge is 2.35. The lowest BCUT2D eigenvalue weighted by atomic mass is 10.0. The second-order valence-electron chi connectivity index (χ2n) is 5.74. The van der Waals surface area contributed by atoms with Crippen LogP contribution in [0.1, 0.15) is 18.4 Å². The van der Waals surface area contributed by atoms with Crippen molar-refractivity contribution in [3.8, 4) is 0 Å². The molecule has 3 heteroatoms. The highest BCUT2D eigenvalue weighted by molar-refractivity contribution is 5.87. The molecular weight excluding hydrogens is 258 g/mol. The third kappa shape index (κ3) is 2.40. The summed E-state index contributed by atoms with van der Waals surface area (Å²) in [7, 11) is 0. The molecular formula is C18H19N3. The van der Waals surface area contributed by atoms with Crippen molar-refractivity contribution in [2.24, 2.45) is 5.10 Å². The quantitative estimate of drug-likeness (QED) is 0.855. The highest BCUT2D eigenvalue weighted by atomic mass is 15.6. The first kappa shape index (κ1) is 12.5. The first-order valence-electron chi connectivity index (χ1n) is 7.61. The smallest absolute Gasteiger partial charge is 0.127 e. The third-order valence-corrected chi connectivity index (χ3v) is 4.36. The molecule has 3 nitrogen and oxygen atoms in total. The minimum Gasteiger partial charge on any atom is -0.336 e. The topological polar surface area (TPSA) is 18.8 Å². The van der Waals surface area contributed by atoms with Crippen molar-refractivity contribution >= 4 is 11.5 Å². The largest absolute Gasteiger partial charge is 0.336 e. The molecule has 1 saturated heterocycles. The van der Waals surface area contributed by atoms with Crippen molar-refractivity contribution in [3.05, 3.63) is 66.2 Å². The first-order chi connectivity index (χ1) is 10.4. The van der Waals surface area contributed by atoms with Gasteiger partial charge in [-0.25, -0.2) is 5.01 Å². The van der Waals surface area contributed by atoms with Gasteiger partial charge in [0.25, 0.3) is 0 Å². The van der Waals surface area contributed by atoms with E-state index < -0.39 is 0 Å². The van der Waals surface area contributed by atoms with Gasteiger partial charge in [0, 0.05) is 12.5 Å². The van der Waals surface area contributed by atoms with Gasteiger partial charge in [0.15, 0.2) is 0 Å². The Labute approximate surface area is 125 Å². The lowest BCUT2D eigenvalue weighted by Gasteiger charge is -2.24. The average molecular weight is 277 g/mol. The number of anilines is 1. The Morgan fingerprint density at radius 1 is 0.952 bits per heavy atom. The molecule has 21 heavy (non-hydrogen) atoms. The molecule has 0 aromatic heterocycles. The fourth-order valence-corrected chi connectivity index (χ4v) is 3.26. The monoisotopic (exact) mass is 277 g/mol. The molecule has 1 atom stereocenters. The summed E-state index contributed by atoms with van der Waals surface area (Å²) < 4.78 is 0. The van der Waals surface area contributed by atoms with Gasteiger partial charge >= 0.3 is 0 Å². The summed E-state index contributed by atoms with van der Waals surface area (Å²) in [6, 6.07) is 21.8. The van der Waals surface area contributed by atoms with Crippen LogP contribution in [0.15, 0.2) is 65.8 Å². The lowest BCUT2D eigenvalue weighted by Crippen LogP contribution is -2.35. The van der Waals surface area contributed by atoms with Crippen LogP contribution in [0.5, 0.6) is 0 Å². The Morgan fingerprint density at radius 3 is 2.43 bits per heavy atom. The van der Waals surface area contributed by atoms with Crippen molar-refractivity contribution in [1.82, 2.24) is 4.90 Å². The molecule has 106 valence electrons. The highest BCUT2D eigenvalue weighted by Crippen LogP contribution is 2.30. The molecule has 2 aromatic carbocycles. The van der Waals surface area contributed by atoms with Gasteiger partial charge in [-0.15, -0.1) is 0 Å². The maximum absolute atomic E-state index is 4.79. The molecule has 0 spiro atoms. The Kier molecular flexibility index (Phi) is 3.11. The van der Waals surface area contributed by atoms with E-state index in [0.29, 0.717) is 6.04 Å². The maximum Gasteiger partial charge on any atom is 0.127 e. The van der Waals surface area contributed by atoms with E-state index in [1.54, 1.807) is 0 Å². The molecule has 0 amide bonds. The number of nitrogens with zero attached hydrogens (tertiary/aromatic N) is 3. The van der Waals surface area contributed by atoms with E-state index in [1.807, 2.05) is 6.07 Å². The molecule has 0 radical (unpaired) electrons. The maximum atomic E-state index is 4.79. The summed E-state index contributed by atoms with van der Waals surface area (Å²) in [6.45, 7) is 0.886.